The topological polar surface area (TPSA) is 48.2 Å². The van der Waals surface area contributed by atoms with E-state index >= 15 is 0 Å². The zero-order valence-corrected chi connectivity index (χ0v) is 11.4. The third kappa shape index (κ3) is 2.10. The predicted molar refractivity (Wildman–Crippen MR) is 69.8 cm³/mol. The standard InChI is InChI=1S/C14H18N2O2/c1-8(2)14-13(10(4)18-16-14)11-6-12(17-5)9(3)7-15-11/h6-8H,1-5H3. The lowest BCUT2D eigenvalue weighted by atomic mass is 10.0. The second-order valence-electron chi connectivity index (χ2n) is 4.69. The summed E-state index contributed by atoms with van der Waals surface area (Å²) < 4.78 is 10.6. The van der Waals surface area contributed by atoms with Crippen LogP contribution < -0.4 is 4.74 Å². The van der Waals surface area contributed by atoms with E-state index < -0.39 is 0 Å². The Morgan fingerprint density at radius 1 is 1.28 bits per heavy atom. The number of methoxy groups -OCH3 is 1. The maximum atomic E-state index is 5.33. The van der Waals surface area contributed by atoms with Crippen LogP contribution in [0.3, 0.4) is 0 Å². The number of hydrogen-bond acceptors (Lipinski definition) is 4. The van der Waals surface area contributed by atoms with Crippen molar-refractivity contribution in [1.82, 2.24) is 10.1 Å². The van der Waals surface area contributed by atoms with Gasteiger partial charge in [-0.25, -0.2) is 0 Å². The molecule has 4 nitrogen and oxygen atoms in total. The molecule has 2 aromatic rings. The first-order valence-corrected chi connectivity index (χ1v) is 6.01. The highest BCUT2D eigenvalue weighted by Crippen LogP contribution is 2.32. The lowest BCUT2D eigenvalue weighted by molar-refractivity contribution is 0.388. The predicted octanol–water partition coefficient (Wildman–Crippen LogP) is 3.49. The van der Waals surface area contributed by atoms with Gasteiger partial charge in [0.1, 0.15) is 11.5 Å². The van der Waals surface area contributed by atoms with E-state index in [0.717, 1.165) is 34.0 Å². The van der Waals surface area contributed by atoms with Gasteiger partial charge in [-0.1, -0.05) is 19.0 Å². The zero-order chi connectivity index (χ0) is 13.3. The van der Waals surface area contributed by atoms with Crippen LogP contribution in [0.5, 0.6) is 5.75 Å². The monoisotopic (exact) mass is 246 g/mol. The van der Waals surface area contributed by atoms with Gasteiger partial charge in [-0.3, -0.25) is 4.98 Å². The molecule has 2 heterocycles. The van der Waals surface area contributed by atoms with Crippen LogP contribution >= 0.6 is 0 Å². The van der Waals surface area contributed by atoms with Crippen molar-refractivity contribution < 1.29 is 9.26 Å². The van der Waals surface area contributed by atoms with E-state index in [0.29, 0.717) is 5.92 Å². The van der Waals surface area contributed by atoms with Crippen LogP contribution in [0.2, 0.25) is 0 Å². The normalized spacial score (nSPS) is 11.0. The second kappa shape index (κ2) is 4.80. The van der Waals surface area contributed by atoms with Crippen molar-refractivity contribution in [2.75, 3.05) is 7.11 Å². The van der Waals surface area contributed by atoms with Crippen molar-refractivity contribution in [3.05, 3.63) is 29.3 Å². The molecule has 0 radical (unpaired) electrons. The largest absolute Gasteiger partial charge is 0.496 e. The lowest BCUT2D eigenvalue weighted by Gasteiger charge is -2.08. The van der Waals surface area contributed by atoms with E-state index in [-0.39, 0.29) is 0 Å². The van der Waals surface area contributed by atoms with Crippen LogP contribution in [-0.2, 0) is 0 Å². The Morgan fingerprint density at radius 3 is 2.61 bits per heavy atom. The van der Waals surface area contributed by atoms with Crippen LogP contribution in [0.1, 0.15) is 36.8 Å². The summed E-state index contributed by atoms with van der Waals surface area (Å²) >= 11 is 0. The van der Waals surface area contributed by atoms with Crippen LogP contribution in [0, 0.1) is 13.8 Å². The second-order valence-corrected chi connectivity index (χ2v) is 4.69. The van der Waals surface area contributed by atoms with Crippen LogP contribution in [0.15, 0.2) is 16.8 Å². The van der Waals surface area contributed by atoms with Crippen molar-refractivity contribution in [3.63, 3.8) is 0 Å². The molecule has 0 aliphatic heterocycles. The Labute approximate surface area is 107 Å². The fraction of sp³-hybridized carbons (Fsp3) is 0.429. The highest BCUT2D eigenvalue weighted by atomic mass is 16.5. The molecule has 0 fully saturated rings. The molecular formula is C14H18N2O2. The van der Waals surface area contributed by atoms with E-state index in [1.165, 1.54) is 0 Å². The van der Waals surface area contributed by atoms with Gasteiger partial charge < -0.3 is 9.26 Å². The average Bonchev–Trinajstić information content (AvgIpc) is 2.72. The molecule has 0 aliphatic rings. The Morgan fingerprint density at radius 2 is 2.00 bits per heavy atom. The van der Waals surface area contributed by atoms with E-state index in [1.54, 1.807) is 7.11 Å². The maximum absolute atomic E-state index is 5.33. The van der Waals surface area contributed by atoms with Crippen LogP contribution in [0.4, 0.5) is 0 Å². The Hall–Kier alpha value is -1.84. The van der Waals surface area contributed by atoms with Gasteiger partial charge in [-0.15, -0.1) is 0 Å². The Balaban J connectivity index is 2.58. The maximum Gasteiger partial charge on any atom is 0.143 e. The summed E-state index contributed by atoms with van der Waals surface area (Å²) in [5, 5.41) is 4.11. The minimum absolute atomic E-state index is 0.298. The molecule has 0 bridgehead atoms. The molecule has 0 saturated heterocycles. The summed E-state index contributed by atoms with van der Waals surface area (Å²) in [6.45, 7) is 8.06. The van der Waals surface area contributed by atoms with Gasteiger partial charge in [0.05, 0.1) is 24.1 Å². The first-order chi connectivity index (χ1) is 8.54. The van der Waals surface area contributed by atoms with Gasteiger partial charge >= 0.3 is 0 Å². The van der Waals surface area contributed by atoms with Gasteiger partial charge in [-0.05, 0) is 19.8 Å². The van der Waals surface area contributed by atoms with Crippen LogP contribution in [-0.4, -0.2) is 17.3 Å². The number of ether oxygens (including phenoxy) is 1. The number of rotatable bonds is 3. The van der Waals surface area contributed by atoms with Crippen LogP contribution in [0.25, 0.3) is 11.3 Å². The number of hydrogen-bond donors (Lipinski definition) is 0. The number of pyridine rings is 1. The highest BCUT2D eigenvalue weighted by Gasteiger charge is 2.19. The summed E-state index contributed by atoms with van der Waals surface area (Å²) in [6.07, 6.45) is 1.81. The van der Waals surface area contributed by atoms with E-state index in [1.807, 2.05) is 26.1 Å². The Kier molecular flexibility index (Phi) is 3.36. The molecular weight excluding hydrogens is 228 g/mol. The van der Waals surface area contributed by atoms with Gasteiger partial charge in [-0.2, -0.15) is 0 Å². The number of aryl methyl sites for hydroxylation is 2. The smallest absolute Gasteiger partial charge is 0.143 e. The summed E-state index contributed by atoms with van der Waals surface area (Å²) in [7, 11) is 1.66. The quantitative estimate of drug-likeness (QED) is 0.831. The average molecular weight is 246 g/mol. The van der Waals surface area contributed by atoms with Crippen molar-refractivity contribution >= 4 is 0 Å². The SMILES string of the molecule is COc1cc(-c2c(C(C)C)noc2C)ncc1C. The van der Waals surface area contributed by atoms with Crippen molar-refractivity contribution in [3.8, 4) is 17.0 Å². The van der Waals surface area contributed by atoms with E-state index in [9.17, 15) is 0 Å². The van der Waals surface area contributed by atoms with E-state index in [4.69, 9.17) is 9.26 Å². The van der Waals surface area contributed by atoms with Gasteiger partial charge in [0.25, 0.3) is 0 Å². The first kappa shape index (κ1) is 12.6. The molecule has 4 heteroatoms. The highest BCUT2D eigenvalue weighted by molar-refractivity contribution is 5.66. The molecule has 18 heavy (non-hydrogen) atoms. The molecule has 0 saturated carbocycles. The van der Waals surface area contributed by atoms with Crippen molar-refractivity contribution in [1.29, 1.82) is 0 Å². The minimum atomic E-state index is 0.298. The first-order valence-electron chi connectivity index (χ1n) is 6.01. The summed E-state index contributed by atoms with van der Waals surface area (Å²) in [5.41, 5.74) is 3.77. The summed E-state index contributed by atoms with van der Waals surface area (Å²) in [5.74, 6) is 1.92. The van der Waals surface area contributed by atoms with Gasteiger partial charge in [0.15, 0.2) is 0 Å². The molecule has 0 atom stereocenters. The summed E-state index contributed by atoms with van der Waals surface area (Å²) in [6, 6.07) is 1.93. The summed E-state index contributed by atoms with van der Waals surface area (Å²) in [4.78, 5) is 4.45. The lowest BCUT2D eigenvalue weighted by Crippen LogP contribution is -1.95. The molecule has 96 valence electrons. The number of aromatic nitrogens is 2. The Bertz CT molecular complexity index is 559. The third-order valence-corrected chi connectivity index (χ3v) is 2.97. The van der Waals surface area contributed by atoms with Gasteiger partial charge in [0.2, 0.25) is 0 Å². The fourth-order valence-corrected chi connectivity index (χ4v) is 1.96. The molecule has 2 rings (SSSR count). The van der Waals surface area contributed by atoms with Gasteiger partial charge in [0, 0.05) is 17.8 Å². The number of nitrogens with zero attached hydrogens (tertiary/aromatic N) is 2. The molecule has 0 aromatic carbocycles. The van der Waals surface area contributed by atoms with Crippen molar-refractivity contribution in [2.24, 2.45) is 0 Å². The molecule has 0 N–H and O–H groups in total. The molecule has 0 amide bonds. The molecule has 2 aromatic heterocycles. The fourth-order valence-electron chi connectivity index (χ4n) is 1.96. The molecule has 0 unspecified atom stereocenters. The molecule has 0 aliphatic carbocycles. The third-order valence-electron chi connectivity index (χ3n) is 2.97. The van der Waals surface area contributed by atoms with E-state index in [2.05, 4.69) is 24.0 Å². The zero-order valence-electron chi connectivity index (χ0n) is 11.4. The van der Waals surface area contributed by atoms with Crippen molar-refractivity contribution in [2.45, 2.75) is 33.6 Å². The molecule has 0 spiro atoms. The minimum Gasteiger partial charge on any atom is -0.496 e.